The SMILES string of the molecule is COCCCNC(=O)COc1ccc2c(c1)CC[C@H]2N. The molecule has 0 saturated carbocycles. The standard InChI is InChI=1S/C15H22N2O3/c1-19-8-2-7-17-15(18)10-20-12-4-5-13-11(9-12)3-6-14(13)16/h4-5,9,14H,2-3,6-8,10,16H2,1H3,(H,17,18)/t14-/m1/s1. The number of carbonyl (C=O) groups is 1. The lowest BCUT2D eigenvalue weighted by atomic mass is 10.1. The number of hydrogen-bond donors (Lipinski definition) is 2. The van der Waals surface area contributed by atoms with Crippen LogP contribution in [0, 0.1) is 0 Å². The zero-order valence-corrected chi connectivity index (χ0v) is 11.9. The molecule has 1 atom stereocenters. The summed E-state index contributed by atoms with van der Waals surface area (Å²) in [6, 6.07) is 6.00. The predicted molar refractivity (Wildman–Crippen MR) is 76.7 cm³/mol. The minimum Gasteiger partial charge on any atom is -0.484 e. The molecule has 0 radical (unpaired) electrons. The number of benzene rings is 1. The monoisotopic (exact) mass is 278 g/mol. The number of aryl methyl sites for hydroxylation is 1. The van der Waals surface area contributed by atoms with Gasteiger partial charge in [0, 0.05) is 26.3 Å². The molecule has 1 aliphatic carbocycles. The fourth-order valence-corrected chi connectivity index (χ4v) is 2.36. The van der Waals surface area contributed by atoms with Crippen molar-refractivity contribution < 1.29 is 14.3 Å². The molecule has 0 bridgehead atoms. The molecule has 0 aliphatic heterocycles. The topological polar surface area (TPSA) is 73.6 Å². The second kappa shape index (κ2) is 7.26. The maximum absolute atomic E-state index is 11.6. The highest BCUT2D eigenvalue weighted by molar-refractivity contribution is 5.77. The maximum atomic E-state index is 11.6. The number of amides is 1. The highest BCUT2D eigenvalue weighted by Crippen LogP contribution is 2.31. The Labute approximate surface area is 119 Å². The molecule has 1 amide bonds. The van der Waals surface area contributed by atoms with Gasteiger partial charge in [-0.15, -0.1) is 0 Å². The van der Waals surface area contributed by atoms with Crippen LogP contribution >= 0.6 is 0 Å². The van der Waals surface area contributed by atoms with Crippen LogP contribution in [0.1, 0.15) is 30.0 Å². The molecule has 0 heterocycles. The lowest BCUT2D eigenvalue weighted by molar-refractivity contribution is -0.123. The van der Waals surface area contributed by atoms with E-state index in [0.29, 0.717) is 13.2 Å². The Morgan fingerprint density at radius 1 is 1.50 bits per heavy atom. The molecular weight excluding hydrogens is 256 g/mol. The van der Waals surface area contributed by atoms with Crippen molar-refractivity contribution in [1.29, 1.82) is 0 Å². The summed E-state index contributed by atoms with van der Waals surface area (Å²) in [5, 5.41) is 2.78. The molecule has 2 rings (SSSR count). The summed E-state index contributed by atoms with van der Waals surface area (Å²) in [7, 11) is 1.64. The molecular formula is C15H22N2O3. The minimum absolute atomic E-state index is 0.0395. The van der Waals surface area contributed by atoms with Gasteiger partial charge in [-0.25, -0.2) is 0 Å². The van der Waals surface area contributed by atoms with Crippen molar-refractivity contribution in [3.63, 3.8) is 0 Å². The molecule has 0 unspecified atom stereocenters. The van der Waals surface area contributed by atoms with Crippen molar-refractivity contribution in [2.75, 3.05) is 26.9 Å². The van der Waals surface area contributed by atoms with Crippen LogP contribution in [0.5, 0.6) is 5.75 Å². The number of methoxy groups -OCH3 is 1. The molecule has 1 aromatic carbocycles. The molecule has 0 fully saturated rings. The van der Waals surface area contributed by atoms with Gasteiger partial charge in [0.1, 0.15) is 5.75 Å². The predicted octanol–water partition coefficient (Wildman–Crippen LogP) is 1.16. The van der Waals surface area contributed by atoms with E-state index in [9.17, 15) is 4.79 Å². The largest absolute Gasteiger partial charge is 0.484 e. The van der Waals surface area contributed by atoms with E-state index in [-0.39, 0.29) is 18.6 Å². The average molecular weight is 278 g/mol. The van der Waals surface area contributed by atoms with Crippen molar-refractivity contribution in [3.05, 3.63) is 29.3 Å². The number of nitrogens with one attached hydrogen (secondary N) is 1. The van der Waals surface area contributed by atoms with Crippen molar-refractivity contribution >= 4 is 5.91 Å². The Hall–Kier alpha value is -1.59. The van der Waals surface area contributed by atoms with Crippen LogP contribution in [0.4, 0.5) is 0 Å². The molecule has 1 aromatic rings. The Bertz CT molecular complexity index is 462. The van der Waals surface area contributed by atoms with Gasteiger partial charge in [0.05, 0.1) is 0 Å². The number of fused-ring (bicyclic) bond motifs is 1. The Morgan fingerprint density at radius 3 is 3.15 bits per heavy atom. The van der Waals surface area contributed by atoms with Crippen LogP contribution in [0.2, 0.25) is 0 Å². The summed E-state index contributed by atoms with van der Waals surface area (Å²) >= 11 is 0. The molecule has 3 N–H and O–H groups in total. The first kappa shape index (κ1) is 14.8. The van der Waals surface area contributed by atoms with E-state index < -0.39 is 0 Å². The van der Waals surface area contributed by atoms with Gasteiger partial charge in [0.15, 0.2) is 6.61 Å². The average Bonchev–Trinajstić information content (AvgIpc) is 2.82. The van der Waals surface area contributed by atoms with E-state index in [1.165, 1.54) is 11.1 Å². The third kappa shape index (κ3) is 3.95. The van der Waals surface area contributed by atoms with Crippen molar-refractivity contribution in [3.8, 4) is 5.75 Å². The molecule has 20 heavy (non-hydrogen) atoms. The quantitative estimate of drug-likeness (QED) is 0.734. The first-order valence-electron chi connectivity index (χ1n) is 6.97. The summed E-state index contributed by atoms with van der Waals surface area (Å²) in [5.41, 5.74) is 8.41. The number of hydrogen-bond acceptors (Lipinski definition) is 4. The highest BCUT2D eigenvalue weighted by atomic mass is 16.5. The van der Waals surface area contributed by atoms with Crippen molar-refractivity contribution in [2.24, 2.45) is 5.73 Å². The van der Waals surface area contributed by atoms with E-state index in [4.69, 9.17) is 15.2 Å². The van der Waals surface area contributed by atoms with Crippen LogP contribution in [-0.4, -0.2) is 32.8 Å². The van der Waals surface area contributed by atoms with Crippen LogP contribution in [0.15, 0.2) is 18.2 Å². The van der Waals surface area contributed by atoms with E-state index in [0.717, 1.165) is 25.0 Å². The fourth-order valence-electron chi connectivity index (χ4n) is 2.36. The maximum Gasteiger partial charge on any atom is 0.257 e. The van der Waals surface area contributed by atoms with Crippen LogP contribution < -0.4 is 15.8 Å². The van der Waals surface area contributed by atoms with Gasteiger partial charge >= 0.3 is 0 Å². The van der Waals surface area contributed by atoms with Gasteiger partial charge in [0.25, 0.3) is 5.91 Å². The lowest BCUT2D eigenvalue weighted by Crippen LogP contribution is -2.30. The molecule has 110 valence electrons. The molecule has 0 saturated heterocycles. The Morgan fingerprint density at radius 2 is 2.35 bits per heavy atom. The van der Waals surface area contributed by atoms with Gasteiger partial charge in [-0.1, -0.05) is 6.07 Å². The summed E-state index contributed by atoms with van der Waals surface area (Å²) in [5.74, 6) is 0.614. The molecule has 0 spiro atoms. The molecule has 5 nitrogen and oxygen atoms in total. The van der Waals surface area contributed by atoms with Gasteiger partial charge in [0.2, 0.25) is 0 Å². The van der Waals surface area contributed by atoms with Gasteiger partial charge < -0.3 is 20.5 Å². The van der Waals surface area contributed by atoms with Crippen molar-refractivity contribution in [1.82, 2.24) is 5.32 Å². The van der Waals surface area contributed by atoms with Gasteiger partial charge in [-0.3, -0.25) is 4.79 Å². The first-order chi connectivity index (χ1) is 9.70. The van der Waals surface area contributed by atoms with E-state index in [1.807, 2.05) is 18.2 Å². The second-order valence-electron chi connectivity index (χ2n) is 4.99. The first-order valence-corrected chi connectivity index (χ1v) is 6.97. The van der Waals surface area contributed by atoms with Gasteiger partial charge in [-0.05, 0) is 42.5 Å². The smallest absolute Gasteiger partial charge is 0.257 e. The zero-order chi connectivity index (χ0) is 14.4. The molecule has 0 aromatic heterocycles. The van der Waals surface area contributed by atoms with E-state index in [2.05, 4.69) is 5.32 Å². The fraction of sp³-hybridized carbons (Fsp3) is 0.533. The third-order valence-electron chi connectivity index (χ3n) is 3.46. The third-order valence-corrected chi connectivity index (χ3v) is 3.46. The summed E-state index contributed by atoms with van der Waals surface area (Å²) in [6.07, 6.45) is 2.77. The summed E-state index contributed by atoms with van der Waals surface area (Å²) in [4.78, 5) is 11.6. The number of ether oxygens (including phenoxy) is 2. The number of rotatable bonds is 7. The van der Waals surface area contributed by atoms with E-state index in [1.54, 1.807) is 7.11 Å². The summed E-state index contributed by atoms with van der Waals surface area (Å²) in [6.45, 7) is 1.29. The molecule has 1 aliphatic rings. The second-order valence-corrected chi connectivity index (χ2v) is 4.99. The summed E-state index contributed by atoms with van der Waals surface area (Å²) < 4.78 is 10.4. The van der Waals surface area contributed by atoms with Gasteiger partial charge in [-0.2, -0.15) is 0 Å². The minimum atomic E-state index is -0.113. The molecule has 5 heteroatoms. The van der Waals surface area contributed by atoms with Crippen LogP contribution in [0.3, 0.4) is 0 Å². The normalized spacial score (nSPS) is 16.8. The Kier molecular flexibility index (Phi) is 5.38. The van der Waals surface area contributed by atoms with Crippen LogP contribution in [0.25, 0.3) is 0 Å². The lowest BCUT2D eigenvalue weighted by Gasteiger charge is -2.09. The number of nitrogens with two attached hydrogens (primary N) is 1. The highest BCUT2D eigenvalue weighted by Gasteiger charge is 2.19. The van der Waals surface area contributed by atoms with E-state index >= 15 is 0 Å². The zero-order valence-electron chi connectivity index (χ0n) is 11.9. The van der Waals surface area contributed by atoms with Crippen LogP contribution in [-0.2, 0) is 16.0 Å². The van der Waals surface area contributed by atoms with Crippen molar-refractivity contribution in [2.45, 2.75) is 25.3 Å². The number of carbonyl (C=O) groups excluding carboxylic acids is 1. The Balaban J connectivity index is 1.75.